The molecular formula is C38H43BO8SSi. The van der Waals surface area contributed by atoms with Gasteiger partial charge in [0.25, 0.3) is 18.4 Å². The van der Waals surface area contributed by atoms with Crippen LogP contribution in [0.1, 0.15) is 38.8 Å². The normalized spacial score (nSPS) is 21.4. The van der Waals surface area contributed by atoms with E-state index in [9.17, 15) is 13.2 Å². The lowest BCUT2D eigenvalue weighted by Gasteiger charge is -2.45. The maximum atomic E-state index is 13.6. The quantitative estimate of drug-likeness (QED) is 0.109. The number of rotatable bonds is 13. The van der Waals surface area contributed by atoms with E-state index in [0.717, 1.165) is 21.5 Å². The SMILES string of the molecule is [B][C@@H]1O[C@@](CO[Si](c2ccccc2)(c2ccccc2)C(C)(C)C)(COS(=O)(=O)c2ccc(C)cc2)C(OCc2ccccc2)[C@@H]1OC(C)=O. The molecule has 0 aromatic heterocycles. The fourth-order valence-electron chi connectivity index (χ4n) is 6.42. The molecule has 256 valence electrons. The molecule has 0 bridgehead atoms. The molecule has 0 spiro atoms. The van der Waals surface area contributed by atoms with Gasteiger partial charge in [-0.15, -0.1) is 0 Å². The second-order valence-electron chi connectivity index (χ2n) is 13.4. The maximum absolute atomic E-state index is 13.6. The lowest BCUT2D eigenvalue weighted by atomic mass is 9.89. The fourth-order valence-corrected chi connectivity index (χ4v) is 12.0. The Morgan fingerprint density at radius 1 is 0.837 bits per heavy atom. The van der Waals surface area contributed by atoms with E-state index in [1.165, 1.54) is 19.1 Å². The number of carbonyl (C=O) groups is 1. The van der Waals surface area contributed by atoms with Gasteiger partial charge in [-0.3, -0.25) is 8.98 Å². The number of carbonyl (C=O) groups excluding carboxylic acids is 1. The van der Waals surface area contributed by atoms with Gasteiger partial charge in [-0.2, -0.15) is 8.42 Å². The molecule has 0 N–H and O–H groups in total. The lowest BCUT2D eigenvalue weighted by molar-refractivity contribution is -0.160. The van der Waals surface area contributed by atoms with Crippen LogP contribution in [0.5, 0.6) is 0 Å². The zero-order valence-corrected chi connectivity index (χ0v) is 30.4. The summed E-state index contributed by atoms with van der Waals surface area (Å²) in [6, 6.07) is 34.7. The summed E-state index contributed by atoms with van der Waals surface area (Å²) in [6.45, 7) is 8.94. The number of hydrogen-bond acceptors (Lipinski definition) is 8. The minimum atomic E-state index is -4.27. The maximum Gasteiger partial charge on any atom is 0.303 e. The average molecular weight is 699 g/mol. The second-order valence-corrected chi connectivity index (χ2v) is 19.3. The number of ether oxygens (including phenoxy) is 3. The number of hydrogen-bond donors (Lipinski definition) is 0. The first-order chi connectivity index (χ1) is 23.3. The van der Waals surface area contributed by atoms with Crippen molar-refractivity contribution in [1.29, 1.82) is 0 Å². The first-order valence-corrected chi connectivity index (χ1v) is 19.6. The smallest absolute Gasteiger partial charge is 0.303 e. The first-order valence-electron chi connectivity index (χ1n) is 16.2. The molecule has 0 saturated carbocycles. The third kappa shape index (κ3) is 8.09. The van der Waals surface area contributed by atoms with E-state index < -0.39 is 59.9 Å². The van der Waals surface area contributed by atoms with E-state index in [4.69, 9.17) is 30.7 Å². The molecule has 1 unspecified atom stereocenters. The van der Waals surface area contributed by atoms with Crippen molar-refractivity contribution >= 4 is 42.6 Å². The molecule has 1 aliphatic heterocycles. The molecule has 0 amide bonds. The molecule has 2 radical (unpaired) electrons. The molecule has 11 heteroatoms. The molecule has 1 aliphatic rings. The highest BCUT2D eigenvalue weighted by molar-refractivity contribution is 7.86. The average Bonchev–Trinajstić information content (AvgIpc) is 3.33. The standard InChI is InChI=1S/C38H43BO8SSi/c1-28-21-23-31(24-22-28)48(41,42)44-26-38(35(34(36(39)47-38)46-29(2)40)43-25-30-15-9-6-10-16-30)27-45-49(37(3,4)5,32-17-11-7-12-18-32)33-19-13-8-14-20-33/h6-24,34-36H,25-27H2,1-5H3/t34-,35?,36+,38+/m0/s1. The largest absolute Gasteiger partial charge is 0.458 e. The number of esters is 1. The van der Waals surface area contributed by atoms with Crippen LogP contribution in [0.25, 0.3) is 0 Å². The van der Waals surface area contributed by atoms with E-state index in [-0.39, 0.29) is 18.1 Å². The molecule has 8 nitrogen and oxygen atoms in total. The van der Waals surface area contributed by atoms with Crippen LogP contribution in [0.2, 0.25) is 5.04 Å². The van der Waals surface area contributed by atoms with E-state index in [1.807, 2.05) is 73.7 Å². The molecule has 49 heavy (non-hydrogen) atoms. The number of aryl methyl sites for hydroxylation is 1. The second kappa shape index (κ2) is 15.1. The van der Waals surface area contributed by atoms with Gasteiger partial charge in [-0.25, -0.2) is 0 Å². The van der Waals surface area contributed by atoms with Crippen LogP contribution < -0.4 is 10.4 Å². The summed E-state index contributed by atoms with van der Waals surface area (Å²) in [4.78, 5) is 12.4. The molecule has 5 rings (SSSR count). The van der Waals surface area contributed by atoms with Gasteiger partial charge in [0.15, 0.2) is 0 Å². The van der Waals surface area contributed by atoms with Crippen molar-refractivity contribution in [3.05, 3.63) is 126 Å². The highest BCUT2D eigenvalue weighted by atomic mass is 32.2. The summed E-state index contributed by atoms with van der Waals surface area (Å²) >= 11 is 0. The zero-order valence-electron chi connectivity index (χ0n) is 28.6. The Hall–Kier alpha value is -3.58. The summed E-state index contributed by atoms with van der Waals surface area (Å²) in [5, 5.41) is 1.61. The van der Waals surface area contributed by atoms with Gasteiger partial charge in [0.1, 0.15) is 32.3 Å². The van der Waals surface area contributed by atoms with Gasteiger partial charge in [-0.05, 0) is 40.0 Å². The monoisotopic (exact) mass is 698 g/mol. The predicted molar refractivity (Wildman–Crippen MR) is 192 cm³/mol. The van der Waals surface area contributed by atoms with E-state index >= 15 is 0 Å². The number of benzene rings is 4. The highest BCUT2D eigenvalue weighted by Crippen LogP contribution is 2.41. The van der Waals surface area contributed by atoms with E-state index in [0.29, 0.717) is 0 Å². The van der Waals surface area contributed by atoms with Crippen molar-refractivity contribution < 1.29 is 36.0 Å². The summed E-state index contributed by atoms with van der Waals surface area (Å²) in [5.74, 6) is -0.589. The topological polar surface area (TPSA) is 97.4 Å². The van der Waals surface area contributed by atoms with Gasteiger partial charge in [-0.1, -0.05) is 129 Å². The van der Waals surface area contributed by atoms with E-state index in [2.05, 4.69) is 45.0 Å². The molecule has 4 aromatic rings. The third-order valence-corrected chi connectivity index (χ3v) is 15.1. The molecule has 1 fully saturated rings. The Bertz CT molecular complexity index is 1750. The van der Waals surface area contributed by atoms with Crippen molar-refractivity contribution in [2.24, 2.45) is 0 Å². The van der Waals surface area contributed by atoms with Crippen molar-refractivity contribution in [3.8, 4) is 0 Å². The zero-order chi connectivity index (χ0) is 35.3. The minimum absolute atomic E-state index is 0.0123. The Morgan fingerprint density at radius 3 is 1.88 bits per heavy atom. The molecule has 4 aromatic carbocycles. The summed E-state index contributed by atoms with van der Waals surface area (Å²) < 4.78 is 59.0. The van der Waals surface area contributed by atoms with Gasteiger partial charge in [0.05, 0.1) is 24.1 Å². The van der Waals surface area contributed by atoms with Crippen LogP contribution in [0.15, 0.2) is 120 Å². The van der Waals surface area contributed by atoms with Crippen LogP contribution >= 0.6 is 0 Å². The van der Waals surface area contributed by atoms with Crippen molar-refractivity contribution in [3.63, 3.8) is 0 Å². The summed E-state index contributed by atoms with van der Waals surface area (Å²) in [5.41, 5.74) is 0.122. The highest BCUT2D eigenvalue weighted by Gasteiger charge is 2.59. The van der Waals surface area contributed by atoms with Crippen LogP contribution in [0.4, 0.5) is 0 Å². The molecule has 0 aliphatic carbocycles. The van der Waals surface area contributed by atoms with Gasteiger partial charge < -0.3 is 18.6 Å². The Labute approximate surface area is 292 Å². The van der Waals surface area contributed by atoms with Crippen molar-refractivity contribution in [1.82, 2.24) is 0 Å². The van der Waals surface area contributed by atoms with Crippen molar-refractivity contribution in [2.75, 3.05) is 13.2 Å². The van der Waals surface area contributed by atoms with Gasteiger partial charge in [0, 0.05) is 6.92 Å². The van der Waals surface area contributed by atoms with Crippen LogP contribution in [-0.2, 0) is 44.3 Å². The van der Waals surface area contributed by atoms with Gasteiger partial charge >= 0.3 is 5.97 Å². The lowest BCUT2D eigenvalue weighted by Crippen LogP contribution is -2.68. The summed E-state index contributed by atoms with van der Waals surface area (Å²) in [6.07, 6.45) is -2.16. The Morgan fingerprint density at radius 2 is 1.37 bits per heavy atom. The van der Waals surface area contributed by atoms with Crippen molar-refractivity contribution in [2.45, 2.75) is 75.0 Å². The fraction of sp³-hybridized carbons (Fsp3) is 0.342. The third-order valence-electron chi connectivity index (χ3n) is 8.80. The van der Waals surface area contributed by atoms with Crippen LogP contribution in [-0.4, -0.2) is 67.6 Å². The van der Waals surface area contributed by atoms with E-state index in [1.54, 1.807) is 12.1 Å². The van der Waals surface area contributed by atoms with Crippen LogP contribution in [0.3, 0.4) is 0 Å². The predicted octanol–water partition coefficient (Wildman–Crippen LogP) is 5.06. The Kier molecular flexibility index (Phi) is 11.3. The Balaban J connectivity index is 1.62. The molecule has 1 saturated heterocycles. The minimum Gasteiger partial charge on any atom is -0.458 e. The van der Waals surface area contributed by atoms with Crippen LogP contribution in [0, 0.1) is 6.92 Å². The summed E-state index contributed by atoms with van der Waals surface area (Å²) in [7, 11) is -0.909. The molecule has 4 atom stereocenters. The molecule has 1 heterocycles. The first kappa shape index (κ1) is 36.7. The molecular weight excluding hydrogens is 655 g/mol. The van der Waals surface area contributed by atoms with Gasteiger partial charge in [0.2, 0.25) is 0 Å².